The number of aromatic nitrogens is 1. The van der Waals surface area contributed by atoms with E-state index in [-0.39, 0.29) is 0 Å². The van der Waals surface area contributed by atoms with E-state index < -0.39 is 0 Å². The highest BCUT2D eigenvalue weighted by atomic mass is 16.5. The van der Waals surface area contributed by atoms with E-state index in [1.165, 1.54) is 38.3 Å². The van der Waals surface area contributed by atoms with Crippen LogP contribution in [-0.2, 0) is 0 Å². The summed E-state index contributed by atoms with van der Waals surface area (Å²) in [4.78, 5) is 0. The third-order valence-corrected chi connectivity index (χ3v) is 6.21. The van der Waals surface area contributed by atoms with Gasteiger partial charge in [0.15, 0.2) is 0 Å². The van der Waals surface area contributed by atoms with Crippen LogP contribution in [0.25, 0.3) is 49.6 Å². The lowest BCUT2D eigenvalue weighted by Crippen LogP contribution is -2.28. The fraction of sp³-hybridized carbons (Fsp3) is 0.0333. The molecule has 0 saturated carbocycles. The number of hydrogen-bond acceptors (Lipinski definition) is 1. The molecule has 2 heteroatoms. The largest absolute Gasteiger partial charge is 0.497 e. The van der Waals surface area contributed by atoms with Crippen LogP contribution < -0.4 is 9.14 Å². The first-order valence-electron chi connectivity index (χ1n) is 10.8. The van der Waals surface area contributed by atoms with E-state index >= 15 is 0 Å². The molecule has 0 unspecified atom stereocenters. The number of ether oxygens (including phenoxy) is 1. The minimum atomic E-state index is 0.860. The van der Waals surface area contributed by atoms with E-state index in [9.17, 15) is 0 Å². The number of methoxy groups -OCH3 is 1. The summed E-state index contributed by atoms with van der Waals surface area (Å²) in [5.74, 6) is 0.860. The number of pyridine rings is 2. The van der Waals surface area contributed by atoms with Crippen LogP contribution in [0.2, 0.25) is 0 Å². The monoisotopic (exact) mass is 412 g/mol. The lowest BCUT2D eigenvalue weighted by molar-refractivity contribution is -0.485. The molecular formula is C30H22NO+. The maximum atomic E-state index is 5.38. The van der Waals surface area contributed by atoms with Crippen molar-refractivity contribution >= 4 is 27.1 Å². The Morgan fingerprint density at radius 1 is 0.562 bits per heavy atom. The SMILES string of the molecule is COc1ccc(-c2cccc3c4ccccc4cc(-c4cccc5ccccc45)[n+]23)cc1. The van der Waals surface area contributed by atoms with Crippen molar-refractivity contribution in [2.45, 2.75) is 0 Å². The predicted molar refractivity (Wildman–Crippen MR) is 132 cm³/mol. The van der Waals surface area contributed by atoms with Crippen LogP contribution in [0, 0.1) is 0 Å². The average molecular weight is 413 g/mol. The van der Waals surface area contributed by atoms with Gasteiger partial charge in [-0.3, -0.25) is 0 Å². The summed E-state index contributed by atoms with van der Waals surface area (Å²) in [6, 6.07) is 40.9. The van der Waals surface area contributed by atoms with Gasteiger partial charge < -0.3 is 4.74 Å². The van der Waals surface area contributed by atoms with Crippen LogP contribution in [0.4, 0.5) is 0 Å². The molecule has 6 rings (SSSR count). The third-order valence-electron chi connectivity index (χ3n) is 6.21. The van der Waals surface area contributed by atoms with Crippen LogP contribution in [0.15, 0.2) is 115 Å². The van der Waals surface area contributed by atoms with Crippen molar-refractivity contribution in [2.75, 3.05) is 7.11 Å². The fourth-order valence-corrected chi connectivity index (χ4v) is 4.68. The van der Waals surface area contributed by atoms with Crippen molar-refractivity contribution in [1.82, 2.24) is 0 Å². The average Bonchev–Trinajstić information content (AvgIpc) is 2.87. The zero-order chi connectivity index (χ0) is 21.5. The van der Waals surface area contributed by atoms with Crippen LogP contribution in [0.1, 0.15) is 0 Å². The molecule has 4 aromatic carbocycles. The topological polar surface area (TPSA) is 13.3 Å². The van der Waals surface area contributed by atoms with Gasteiger partial charge in [-0.2, -0.15) is 4.40 Å². The molecule has 152 valence electrons. The summed E-state index contributed by atoms with van der Waals surface area (Å²) >= 11 is 0. The molecule has 0 aliphatic rings. The second kappa shape index (κ2) is 7.51. The summed E-state index contributed by atoms with van der Waals surface area (Å²) in [6.45, 7) is 0. The molecule has 0 N–H and O–H groups in total. The van der Waals surface area contributed by atoms with Crippen LogP contribution >= 0.6 is 0 Å². The van der Waals surface area contributed by atoms with Gasteiger partial charge >= 0.3 is 0 Å². The minimum absolute atomic E-state index is 0.860. The summed E-state index contributed by atoms with van der Waals surface area (Å²) in [5, 5.41) is 4.98. The van der Waals surface area contributed by atoms with Crippen molar-refractivity contribution in [2.24, 2.45) is 0 Å². The van der Waals surface area contributed by atoms with Gasteiger partial charge in [0.2, 0.25) is 16.9 Å². The molecule has 0 saturated heterocycles. The molecule has 0 bridgehead atoms. The first-order chi connectivity index (χ1) is 15.8. The highest BCUT2D eigenvalue weighted by molar-refractivity contribution is 6.00. The van der Waals surface area contributed by atoms with E-state index in [4.69, 9.17) is 4.74 Å². The third kappa shape index (κ3) is 2.92. The van der Waals surface area contributed by atoms with E-state index in [0.29, 0.717) is 0 Å². The molecule has 0 atom stereocenters. The number of nitrogens with zero attached hydrogens (tertiary/aromatic N) is 1. The van der Waals surface area contributed by atoms with Crippen molar-refractivity contribution < 1.29 is 9.14 Å². The van der Waals surface area contributed by atoms with Gasteiger partial charge in [0, 0.05) is 23.8 Å². The highest BCUT2D eigenvalue weighted by Crippen LogP contribution is 2.32. The fourth-order valence-electron chi connectivity index (χ4n) is 4.68. The molecule has 0 radical (unpaired) electrons. The van der Waals surface area contributed by atoms with Crippen molar-refractivity contribution in [1.29, 1.82) is 0 Å². The maximum absolute atomic E-state index is 5.38. The lowest BCUT2D eigenvalue weighted by atomic mass is 9.98. The molecule has 0 aliphatic heterocycles. The Balaban J connectivity index is 1.77. The Bertz CT molecular complexity index is 1590. The molecule has 0 amide bonds. The summed E-state index contributed by atoms with van der Waals surface area (Å²) in [6.07, 6.45) is 0. The molecule has 2 aromatic heterocycles. The Hall–Kier alpha value is -4.17. The summed E-state index contributed by atoms with van der Waals surface area (Å²) in [7, 11) is 1.70. The Morgan fingerprint density at radius 2 is 1.25 bits per heavy atom. The normalized spacial score (nSPS) is 11.3. The summed E-state index contributed by atoms with van der Waals surface area (Å²) < 4.78 is 7.78. The van der Waals surface area contributed by atoms with Crippen LogP contribution in [0.3, 0.4) is 0 Å². The van der Waals surface area contributed by atoms with Gasteiger partial charge in [0.1, 0.15) is 5.75 Å². The van der Waals surface area contributed by atoms with E-state index in [1.54, 1.807) is 7.11 Å². The quantitative estimate of drug-likeness (QED) is 0.224. The zero-order valence-electron chi connectivity index (χ0n) is 17.8. The van der Waals surface area contributed by atoms with Gasteiger partial charge in [-0.05, 0) is 58.6 Å². The molecular weight excluding hydrogens is 390 g/mol. The molecule has 0 spiro atoms. The van der Waals surface area contributed by atoms with E-state index in [2.05, 4.69) is 108 Å². The van der Waals surface area contributed by atoms with Crippen molar-refractivity contribution in [3.63, 3.8) is 0 Å². The zero-order valence-corrected chi connectivity index (χ0v) is 17.8. The van der Waals surface area contributed by atoms with E-state index in [1.807, 2.05) is 12.1 Å². The van der Waals surface area contributed by atoms with Gasteiger partial charge in [0.25, 0.3) is 0 Å². The standard InChI is InChI=1S/C30H22NO/c1-32-24-18-16-22(17-19-24)28-14-7-15-29-26-12-5-3-9-23(26)20-30(31(28)29)27-13-6-10-21-8-2-4-11-25(21)27/h2-20H,1H3/q+1. The van der Waals surface area contributed by atoms with E-state index in [0.717, 1.165) is 17.0 Å². The second-order valence-corrected chi connectivity index (χ2v) is 8.00. The molecule has 32 heavy (non-hydrogen) atoms. The number of rotatable bonds is 3. The van der Waals surface area contributed by atoms with Crippen LogP contribution in [0.5, 0.6) is 5.75 Å². The Labute approximate surface area is 187 Å². The van der Waals surface area contributed by atoms with Gasteiger partial charge in [0.05, 0.1) is 18.1 Å². The van der Waals surface area contributed by atoms with Crippen molar-refractivity contribution in [3.8, 4) is 28.3 Å². The second-order valence-electron chi connectivity index (χ2n) is 8.00. The molecule has 2 heterocycles. The smallest absolute Gasteiger partial charge is 0.220 e. The molecule has 2 nitrogen and oxygen atoms in total. The van der Waals surface area contributed by atoms with Gasteiger partial charge in [-0.25, -0.2) is 0 Å². The predicted octanol–water partition coefficient (Wildman–Crippen LogP) is 7.07. The lowest BCUT2D eigenvalue weighted by Gasteiger charge is -2.10. The number of hydrogen-bond donors (Lipinski definition) is 0. The minimum Gasteiger partial charge on any atom is -0.497 e. The van der Waals surface area contributed by atoms with Crippen molar-refractivity contribution in [3.05, 3.63) is 115 Å². The van der Waals surface area contributed by atoms with Crippen LogP contribution in [-0.4, -0.2) is 7.11 Å². The number of fused-ring (bicyclic) bond motifs is 4. The first-order valence-corrected chi connectivity index (χ1v) is 10.8. The highest BCUT2D eigenvalue weighted by Gasteiger charge is 2.22. The summed E-state index contributed by atoms with van der Waals surface area (Å²) in [5.41, 5.74) is 5.91. The first kappa shape index (κ1) is 18.6. The molecule has 6 aromatic rings. The number of benzene rings is 4. The Morgan fingerprint density at radius 3 is 2.06 bits per heavy atom. The maximum Gasteiger partial charge on any atom is 0.220 e. The Kier molecular flexibility index (Phi) is 4.36. The molecule has 0 aliphatic carbocycles. The van der Waals surface area contributed by atoms with Gasteiger partial charge in [-0.1, -0.05) is 54.6 Å². The van der Waals surface area contributed by atoms with Gasteiger partial charge in [-0.15, -0.1) is 0 Å². The molecule has 0 fully saturated rings.